The maximum Gasteiger partial charge on any atom is 0.228 e. The van der Waals surface area contributed by atoms with Crippen molar-refractivity contribution in [3.05, 3.63) is 53.2 Å². The Kier molecular flexibility index (Phi) is 5.17. The quantitative estimate of drug-likeness (QED) is 0.667. The minimum Gasteiger partial charge on any atom is -0.326 e. The van der Waals surface area contributed by atoms with Crippen molar-refractivity contribution in [2.45, 2.75) is 24.8 Å². The first-order valence-corrected chi connectivity index (χ1v) is 9.11. The number of rotatable bonds is 5. The number of carbonyl (C=O) groups excluding carboxylic acids is 1. The van der Waals surface area contributed by atoms with E-state index >= 15 is 0 Å². The van der Waals surface area contributed by atoms with Gasteiger partial charge in [0.05, 0.1) is 23.0 Å². The number of nitrogens with one attached hydrogen (secondary N) is 1. The zero-order valence-electron chi connectivity index (χ0n) is 13.4. The lowest BCUT2D eigenvalue weighted by atomic mass is 10.1. The van der Waals surface area contributed by atoms with Crippen LogP contribution in [0.3, 0.4) is 0 Å². The zero-order valence-corrected chi connectivity index (χ0v) is 15.0. The van der Waals surface area contributed by atoms with Gasteiger partial charge < -0.3 is 9.87 Å². The van der Waals surface area contributed by atoms with Crippen LogP contribution in [0.25, 0.3) is 10.9 Å². The van der Waals surface area contributed by atoms with E-state index in [-0.39, 0.29) is 17.2 Å². The Morgan fingerprint density at radius 3 is 2.80 bits per heavy atom. The van der Waals surface area contributed by atoms with Gasteiger partial charge in [-0.3, -0.25) is 9.48 Å². The molecule has 8 heteroatoms. The second kappa shape index (κ2) is 7.35. The largest absolute Gasteiger partial charge is 0.326 e. The van der Waals surface area contributed by atoms with E-state index in [0.717, 1.165) is 0 Å². The Hall–Kier alpha value is -2.22. The van der Waals surface area contributed by atoms with Crippen LogP contribution in [0.1, 0.15) is 12.5 Å². The Morgan fingerprint density at radius 2 is 2.12 bits per heavy atom. The van der Waals surface area contributed by atoms with Crippen LogP contribution in [0.15, 0.2) is 47.5 Å². The molecule has 0 saturated carbocycles. The fourth-order valence-electron chi connectivity index (χ4n) is 2.63. The second-order valence-corrected chi connectivity index (χ2v) is 6.78. The monoisotopic (exact) mass is 377 g/mol. The summed E-state index contributed by atoms with van der Waals surface area (Å²) in [7, 11) is 0. The molecule has 1 amide bonds. The third-order valence-electron chi connectivity index (χ3n) is 3.80. The summed E-state index contributed by atoms with van der Waals surface area (Å²) in [5, 5.41) is 8.07. The number of hydrogen-bond donors (Lipinski definition) is 2. The molecule has 0 saturated heterocycles. The second-order valence-electron chi connectivity index (χ2n) is 5.43. The molecule has 6 nitrogen and oxygen atoms in total. The number of fused-ring (bicyclic) bond motifs is 1. The zero-order chi connectivity index (χ0) is 18.0. The molecule has 0 spiro atoms. The van der Waals surface area contributed by atoms with Crippen molar-refractivity contribution in [2.24, 2.45) is 0 Å². The lowest BCUT2D eigenvalue weighted by Gasteiger charge is -2.09. The smallest absolute Gasteiger partial charge is 0.228 e. The lowest BCUT2D eigenvalue weighted by Crippen LogP contribution is -2.15. The van der Waals surface area contributed by atoms with Gasteiger partial charge in [-0.05, 0) is 30.7 Å². The number of carbonyl (C=O) groups is 1. The van der Waals surface area contributed by atoms with E-state index in [4.69, 9.17) is 11.6 Å². The van der Waals surface area contributed by atoms with Gasteiger partial charge in [-0.25, -0.2) is 4.21 Å². The highest BCUT2D eigenvalue weighted by atomic mass is 35.5. The van der Waals surface area contributed by atoms with E-state index in [1.807, 2.05) is 13.0 Å². The summed E-state index contributed by atoms with van der Waals surface area (Å²) in [6, 6.07) is 10.4. The van der Waals surface area contributed by atoms with Gasteiger partial charge in [-0.15, -0.1) is 0 Å². The highest BCUT2D eigenvalue weighted by Crippen LogP contribution is 2.26. The van der Waals surface area contributed by atoms with Crippen LogP contribution in [0.2, 0.25) is 5.02 Å². The predicted octanol–water partition coefficient (Wildman–Crippen LogP) is 3.47. The summed E-state index contributed by atoms with van der Waals surface area (Å²) in [5.41, 5.74) is 1.85. The Bertz CT molecular complexity index is 971. The van der Waals surface area contributed by atoms with Crippen molar-refractivity contribution >= 4 is 45.2 Å². The van der Waals surface area contributed by atoms with Crippen LogP contribution in [-0.2, 0) is 28.8 Å². The third-order valence-corrected chi connectivity index (χ3v) is 4.89. The van der Waals surface area contributed by atoms with E-state index < -0.39 is 11.1 Å². The van der Waals surface area contributed by atoms with Gasteiger partial charge in [0.15, 0.2) is 11.1 Å². The van der Waals surface area contributed by atoms with Gasteiger partial charge in [-0.2, -0.15) is 5.10 Å². The topological polar surface area (TPSA) is 84.2 Å². The molecular weight excluding hydrogens is 362 g/mol. The van der Waals surface area contributed by atoms with E-state index in [1.165, 1.54) is 6.07 Å². The molecule has 0 radical (unpaired) electrons. The van der Waals surface area contributed by atoms with Gasteiger partial charge in [0.2, 0.25) is 5.91 Å². The number of aromatic nitrogens is 2. The maximum absolute atomic E-state index is 12.3. The molecule has 0 fully saturated rings. The van der Waals surface area contributed by atoms with Crippen LogP contribution in [0, 0.1) is 0 Å². The minimum atomic E-state index is -2.18. The molecule has 1 atom stereocenters. The number of halogens is 1. The average molecular weight is 378 g/mol. The van der Waals surface area contributed by atoms with E-state index in [9.17, 15) is 13.6 Å². The number of benzene rings is 2. The first-order chi connectivity index (χ1) is 12.0. The van der Waals surface area contributed by atoms with E-state index in [1.54, 1.807) is 35.1 Å². The van der Waals surface area contributed by atoms with Crippen molar-refractivity contribution in [1.82, 2.24) is 9.78 Å². The van der Waals surface area contributed by atoms with Crippen LogP contribution in [-0.4, -0.2) is 24.4 Å². The van der Waals surface area contributed by atoms with Crippen molar-refractivity contribution in [2.75, 3.05) is 5.32 Å². The summed E-state index contributed by atoms with van der Waals surface area (Å²) >= 11 is 3.89. The summed E-state index contributed by atoms with van der Waals surface area (Å²) < 4.78 is 22.9. The third kappa shape index (κ3) is 3.73. The molecule has 3 aromatic rings. The molecule has 2 aromatic carbocycles. The standard InChI is InChI=1S/C17H16ClN3O3S/c1-2-21-15-8-12(9-16(25(23)24)13(15)10-19-21)20-17(22)7-11-5-3-4-6-14(11)18/h3-6,8-10H,2,7H2,1H3,(H,20,22)(H,23,24). The summed E-state index contributed by atoms with van der Waals surface area (Å²) in [5.74, 6) is -0.260. The first kappa shape index (κ1) is 17.6. The Labute approximate surface area is 152 Å². The van der Waals surface area contributed by atoms with Crippen molar-refractivity contribution in [3.8, 4) is 0 Å². The number of amides is 1. The highest BCUT2D eigenvalue weighted by Gasteiger charge is 2.15. The molecule has 2 N–H and O–H groups in total. The molecular formula is C17H16ClN3O3S. The molecule has 1 unspecified atom stereocenters. The van der Waals surface area contributed by atoms with Crippen molar-refractivity contribution in [3.63, 3.8) is 0 Å². The normalized spacial score (nSPS) is 12.3. The fraction of sp³-hybridized carbons (Fsp3) is 0.176. The Morgan fingerprint density at radius 1 is 1.36 bits per heavy atom. The number of aryl methyl sites for hydroxylation is 1. The molecule has 0 aliphatic carbocycles. The van der Waals surface area contributed by atoms with Crippen molar-refractivity contribution < 1.29 is 13.6 Å². The molecule has 3 rings (SSSR count). The van der Waals surface area contributed by atoms with Gasteiger partial charge in [0, 0.05) is 22.6 Å². The predicted molar refractivity (Wildman–Crippen MR) is 98.2 cm³/mol. The average Bonchev–Trinajstić information content (AvgIpc) is 2.99. The molecule has 0 aliphatic heterocycles. The van der Waals surface area contributed by atoms with Gasteiger partial charge in [-0.1, -0.05) is 29.8 Å². The Balaban J connectivity index is 1.91. The van der Waals surface area contributed by atoms with Crippen molar-refractivity contribution in [1.29, 1.82) is 0 Å². The highest BCUT2D eigenvalue weighted by molar-refractivity contribution is 7.79. The van der Waals surface area contributed by atoms with Gasteiger partial charge >= 0.3 is 0 Å². The SMILES string of the molecule is CCn1ncc2c(S(=O)O)cc(NC(=O)Cc3ccccc3Cl)cc21. The fourth-order valence-corrected chi connectivity index (χ4v) is 3.41. The number of anilines is 1. The van der Waals surface area contributed by atoms with Gasteiger partial charge in [0.1, 0.15) is 0 Å². The van der Waals surface area contributed by atoms with Crippen LogP contribution < -0.4 is 5.32 Å². The summed E-state index contributed by atoms with van der Waals surface area (Å²) in [6.07, 6.45) is 1.67. The first-order valence-electron chi connectivity index (χ1n) is 7.63. The number of nitrogens with zero attached hydrogens (tertiary/aromatic N) is 2. The molecule has 0 aliphatic rings. The van der Waals surface area contributed by atoms with E-state index in [2.05, 4.69) is 10.4 Å². The van der Waals surface area contributed by atoms with Crippen LogP contribution in [0.5, 0.6) is 0 Å². The lowest BCUT2D eigenvalue weighted by molar-refractivity contribution is -0.115. The molecule has 130 valence electrons. The van der Waals surface area contributed by atoms with E-state index in [0.29, 0.717) is 33.7 Å². The molecule has 1 aromatic heterocycles. The molecule has 0 bridgehead atoms. The molecule has 25 heavy (non-hydrogen) atoms. The van der Waals surface area contributed by atoms with Crippen LogP contribution in [0.4, 0.5) is 5.69 Å². The summed E-state index contributed by atoms with van der Waals surface area (Å²) in [4.78, 5) is 12.5. The van der Waals surface area contributed by atoms with Gasteiger partial charge in [0.25, 0.3) is 0 Å². The number of hydrogen-bond acceptors (Lipinski definition) is 3. The molecule has 1 heterocycles. The summed E-state index contributed by atoms with van der Waals surface area (Å²) in [6.45, 7) is 2.53. The maximum atomic E-state index is 12.3. The minimum absolute atomic E-state index is 0.113. The van der Waals surface area contributed by atoms with Crippen LogP contribution >= 0.6 is 11.6 Å².